The molecule has 35 heavy (non-hydrogen) atoms. The third-order valence-corrected chi connectivity index (χ3v) is 6.26. The van der Waals surface area contributed by atoms with Crippen LogP contribution >= 0.6 is 0 Å². The predicted molar refractivity (Wildman–Crippen MR) is 131 cm³/mol. The van der Waals surface area contributed by atoms with Crippen molar-refractivity contribution in [1.29, 1.82) is 0 Å². The van der Waals surface area contributed by atoms with E-state index in [1.54, 1.807) is 21.8 Å². The number of H-pyrrole nitrogens is 1. The number of nitrogens with zero attached hydrogens (tertiary/aromatic N) is 5. The Morgan fingerprint density at radius 1 is 1.23 bits per heavy atom. The molecule has 0 radical (unpaired) electrons. The Morgan fingerprint density at radius 2 is 2.00 bits per heavy atom. The second-order valence-corrected chi connectivity index (χ2v) is 10.1. The number of nitrogen functional groups attached to an aromatic ring is 1. The first-order valence-electron chi connectivity index (χ1n) is 12.1. The Balaban J connectivity index is 1.33. The van der Waals surface area contributed by atoms with Crippen molar-refractivity contribution >= 4 is 28.5 Å². The molecular weight excluding hydrogens is 453 g/mol. The molecule has 1 amide bonds. The molecule has 0 spiro atoms. The maximum Gasteiger partial charge on any atom is 0.410 e. The number of nitrogens with one attached hydrogen (secondary N) is 1. The lowest BCUT2D eigenvalue weighted by Gasteiger charge is -2.36. The van der Waals surface area contributed by atoms with E-state index in [2.05, 4.69) is 15.1 Å². The zero-order valence-corrected chi connectivity index (χ0v) is 20.4. The van der Waals surface area contributed by atoms with Crippen LogP contribution in [-0.2, 0) is 9.47 Å². The second kappa shape index (κ2) is 9.03. The van der Waals surface area contributed by atoms with Crippen molar-refractivity contribution in [2.45, 2.75) is 51.9 Å². The lowest BCUT2D eigenvalue weighted by molar-refractivity contribution is -0.0393. The van der Waals surface area contributed by atoms with E-state index in [0.29, 0.717) is 66.7 Å². The molecule has 3 aromatic rings. The maximum atomic E-state index is 15.1. The Bertz CT molecular complexity index is 1220. The summed E-state index contributed by atoms with van der Waals surface area (Å²) in [4.78, 5) is 23.7. The number of carbonyl (C=O) groups excluding carboxylic acids is 1. The molecule has 0 bridgehead atoms. The summed E-state index contributed by atoms with van der Waals surface area (Å²) in [5, 5.41) is 4.60. The molecule has 10 nitrogen and oxygen atoms in total. The average Bonchev–Trinajstić information content (AvgIpc) is 3.41. The van der Waals surface area contributed by atoms with E-state index in [1.165, 1.54) is 6.07 Å². The lowest BCUT2D eigenvalue weighted by Crippen LogP contribution is -2.50. The van der Waals surface area contributed by atoms with Crippen molar-refractivity contribution < 1.29 is 18.7 Å². The first-order valence-corrected chi connectivity index (χ1v) is 12.1. The molecule has 11 heteroatoms. The number of amides is 1. The number of ether oxygens (including phenoxy) is 2. The molecule has 3 N–H and O–H groups in total. The number of carbonyl (C=O) groups is 1. The molecule has 1 aromatic carbocycles. The van der Waals surface area contributed by atoms with Crippen LogP contribution < -0.4 is 10.6 Å². The van der Waals surface area contributed by atoms with Gasteiger partial charge in [0.15, 0.2) is 11.5 Å². The minimum atomic E-state index is -0.549. The molecule has 2 aromatic heterocycles. The van der Waals surface area contributed by atoms with Gasteiger partial charge in [0.1, 0.15) is 17.6 Å². The monoisotopic (exact) mass is 485 g/mol. The summed E-state index contributed by atoms with van der Waals surface area (Å²) in [6.07, 6.45) is 4.30. The van der Waals surface area contributed by atoms with Crippen molar-refractivity contribution in [3.63, 3.8) is 0 Å². The molecule has 1 unspecified atom stereocenters. The Morgan fingerprint density at radius 3 is 2.69 bits per heavy atom. The van der Waals surface area contributed by atoms with Gasteiger partial charge in [-0.05, 0) is 46.1 Å². The van der Waals surface area contributed by atoms with E-state index in [-0.39, 0.29) is 18.1 Å². The number of anilines is 2. The molecule has 2 aliphatic heterocycles. The van der Waals surface area contributed by atoms with E-state index in [1.807, 2.05) is 25.7 Å². The molecule has 5 rings (SSSR count). The third-order valence-electron chi connectivity index (χ3n) is 6.26. The normalized spacial score (nSPS) is 19.4. The number of hydrogen-bond acceptors (Lipinski definition) is 7. The summed E-state index contributed by atoms with van der Waals surface area (Å²) in [6.45, 7) is 8.14. The summed E-state index contributed by atoms with van der Waals surface area (Å²) in [6, 6.07) is 3.17. The van der Waals surface area contributed by atoms with Gasteiger partial charge in [0.25, 0.3) is 0 Å². The molecule has 0 aliphatic carbocycles. The van der Waals surface area contributed by atoms with E-state index in [0.717, 1.165) is 19.3 Å². The number of nitrogens with two attached hydrogens (primary N) is 1. The van der Waals surface area contributed by atoms with Crippen LogP contribution in [0.4, 0.5) is 20.6 Å². The van der Waals surface area contributed by atoms with Crippen LogP contribution in [0.1, 0.15) is 46.3 Å². The van der Waals surface area contributed by atoms with E-state index in [4.69, 9.17) is 15.2 Å². The Labute approximate surface area is 203 Å². The summed E-state index contributed by atoms with van der Waals surface area (Å²) < 4.78 is 28.0. The van der Waals surface area contributed by atoms with Crippen LogP contribution in [0.25, 0.3) is 22.6 Å². The van der Waals surface area contributed by atoms with Crippen LogP contribution in [0.2, 0.25) is 0 Å². The molecule has 188 valence electrons. The predicted octanol–water partition coefficient (Wildman–Crippen LogP) is 3.90. The van der Waals surface area contributed by atoms with E-state index < -0.39 is 5.60 Å². The summed E-state index contributed by atoms with van der Waals surface area (Å²) in [7, 11) is 0. The number of imidazole rings is 1. The molecule has 0 saturated carbocycles. The van der Waals surface area contributed by atoms with Crippen LogP contribution in [-0.4, -0.2) is 69.1 Å². The van der Waals surface area contributed by atoms with E-state index >= 15 is 4.39 Å². The fourth-order valence-corrected chi connectivity index (χ4v) is 4.50. The second-order valence-electron chi connectivity index (χ2n) is 10.1. The van der Waals surface area contributed by atoms with Crippen LogP contribution in [0.3, 0.4) is 0 Å². The number of benzene rings is 1. The molecule has 2 saturated heterocycles. The number of rotatable bonds is 3. The number of aromatic amines is 1. The third kappa shape index (κ3) is 4.90. The molecule has 2 aliphatic rings. The van der Waals surface area contributed by atoms with Gasteiger partial charge in [-0.1, -0.05) is 0 Å². The van der Waals surface area contributed by atoms with Gasteiger partial charge in [-0.2, -0.15) is 5.10 Å². The van der Waals surface area contributed by atoms with Gasteiger partial charge < -0.3 is 30.0 Å². The summed E-state index contributed by atoms with van der Waals surface area (Å²) in [5.74, 6) is 0.119. The number of hydrogen-bond donors (Lipinski definition) is 2. The zero-order chi connectivity index (χ0) is 24.7. The quantitative estimate of drug-likeness (QED) is 0.578. The molecule has 1 atom stereocenters. The SMILES string of the molecule is CC(C)(C)OC(=O)N1CCN(c2cc3[nH]c(-c4nn(C5CCCCO5)cc4N)nc3cc2F)CC1. The first kappa shape index (κ1) is 23.4. The van der Waals surface area contributed by atoms with Crippen molar-refractivity contribution in [1.82, 2.24) is 24.6 Å². The Hall–Kier alpha value is -3.34. The highest BCUT2D eigenvalue weighted by Gasteiger charge is 2.27. The zero-order valence-electron chi connectivity index (χ0n) is 20.4. The number of piperazine rings is 1. The van der Waals surface area contributed by atoms with Gasteiger partial charge in [0.2, 0.25) is 0 Å². The fourth-order valence-electron chi connectivity index (χ4n) is 4.50. The molecule has 4 heterocycles. The topological polar surface area (TPSA) is 115 Å². The van der Waals surface area contributed by atoms with Gasteiger partial charge in [-0.25, -0.2) is 18.9 Å². The number of fused-ring (bicyclic) bond motifs is 1. The fraction of sp³-hybridized carbons (Fsp3) is 0.542. The lowest BCUT2D eigenvalue weighted by atomic mass is 10.2. The minimum absolute atomic E-state index is 0.132. The van der Waals surface area contributed by atoms with Crippen molar-refractivity contribution in [2.75, 3.05) is 43.4 Å². The summed E-state index contributed by atoms with van der Waals surface area (Å²) in [5.41, 5.74) is 8.33. The number of aromatic nitrogens is 4. The van der Waals surface area contributed by atoms with Crippen molar-refractivity contribution in [3.05, 3.63) is 24.1 Å². The molecule has 2 fully saturated rings. The van der Waals surface area contributed by atoms with Crippen LogP contribution in [0.5, 0.6) is 0 Å². The van der Waals surface area contributed by atoms with Gasteiger partial charge in [-0.3, -0.25) is 0 Å². The van der Waals surface area contributed by atoms with Crippen molar-refractivity contribution in [2.24, 2.45) is 0 Å². The first-order chi connectivity index (χ1) is 16.7. The van der Waals surface area contributed by atoms with Crippen LogP contribution in [0, 0.1) is 5.82 Å². The highest BCUT2D eigenvalue weighted by atomic mass is 19.1. The van der Waals surface area contributed by atoms with E-state index in [9.17, 15) is 4.79 Å². The Kier molecular flexibility index (Phi) is 6.04. The summed E-state index contributed by atoms with van der Waals surface area (Å²) >= 11 is 0. The average molecular weight is 486 g/mol. The van der Waals surface area contributed by atoms with Crippen molar-refractivity contribution in [3.8, 4) is 11.5 Å². The van der Waals surface area contributed by atoms with Gasteiger partial charge in [0, 0.05) is 38.9 Å². The largest absolute Gasteiger partial charge is 0.444 e. The van der Waals surface area contributed by atoms with Gasteiger partial charge >= 0.3 is 6.09 Å². The maximum absolute atomic E-state index is 15.1. The smallest absolute Gasteiger partial charge is 0.410 e. The highest BCUT2D eigenvalue weighted by molar-refractivity contribution is 5.84. The highest BCUT2D eigenvalue weighted by Crippen LogP contribution is 2.31. The van der Waals surface area contributed by atoms with Crippen LogP contribution in [0.15, 0.2) is 18.3 Å². The standard InChI is InChI=1S/C24H32FN7O3/c1-24(2,3)35-23(33)31-9-7-30(8-10-31)19-13-18-17(12-15(19)25)27-22(28-18)21-16(26)14-32(29-21)20-6-4-5-11-34-20/h12-14,20H,4-11,26H2,1-3H3,(H,27,28). The van der Waals surface area contributed by atoms with Gasteiger partial charge in [0.05, 0.1) is 28.6 Å². The van der Waals surface area contributed by atoms with Gasteiger partial charge in [-0.15, -0.1) is 0 Å². The minimum Gasteiger partial charge on any atom is -0.444 e. The molecular formula is C24H32FN7O3. The number of halogens is 1.